The molecule has 0 saturated heterocycles. The third kappa shape index (κ3) is 3.07. The van der Waals surface area contributed by atoms with Gasteiger partial charge in [-0.15, -0.1) is 0 Å². The van der Waals surface area contributed by atoms with E-state index in [1.807, 2.05) is 0 Å². The summed E-state index contributed by atoms with van der Waals surface area (Å²) in [5.74, 6) is -1.91. The molecule has 0 N–H and O–H groups in total. The molecule has 0 aliphatic rings. The van der Waals surface area contributed by atoms with Gasteiger partial charge in [0.05, 0.1) is 19.8 Å². The summed E-state index contributed by atoms with van der Waals surface area (Å²) in [6.45, 7) is 1.19. The summed E-state index contributed by atoms with van der Waals surface area (Å²) in [5, 5.41) is 0. The summed E-state index contributed by atoms with van der Waals surface area (Å²) in [4.78, 5) is 33.7. The summed E-state index contributed by atoms with van der Waals surface area (Å²) in [5.41, 5.74) is 0.224. The summed E-state index contributed by atoms with van der Waals surface area (Å²) >= 11 is 0. The van der Waals surface area contributed by atoms with Crippen molar-refractivity contribution in [2.24, 2.45) is 0 Å². The third-order valence-electron chi connectivity index (χ3n) is 2.06. The van der Waals surface area contributed by atoms with Gasteiger partial charge in [-0.25, -0.2) is 9.59 Å². The van der Waals surface area contributed by atoms with Crippen LogP contribution in [0.1, 0.15) is 27.6 Å². The minimum Gasteiger partial charge on any atom is -0.465 e. The predicted octanol–water partition coefficient (Wildman–Crippen LogP) is 1.19. The highest BCUT2D eigenvalue weighted by molar-refractivity contribution is 5.96. The second-order valence-electron chi connectivity index (χ2n) is 3.29. The summed E-state index contributed by atoms with van der Waals surface area (Å²) in [6, 6.07) is 3.96. The first-order chi connectivity index (χ1) is 8.49. The Bertz CT molecular complexity index is 491. The fourth-order valence-electron chi connectivity index (χ4n) is 1.29. The molecular weight excluding hydrogens is 240 g/mol. The van der Waals surface area contributed by atoms with Crippen molar-refractivity contribution < 1.29 is 28.6 Å². The van der Waals surface area contributed by atoms with E-state index in [-0.39, 0.29) is 16.9 Å². The molecule has 0 spiro atoms. The van der Waals surface area contributed by atoms with Crippen LogP contribution in [0.3, 0.4) is 0 Å². The molecular formula is C12H12O6. The maximum atomic E-state index is 11.4. The van der Waals surface area contributed by atoms with Gasteiger partial charge in [0.1, 0.15) is 11.3 Å². The van der Waals surface area contributed by atoms with Crippen LogP contribution >= 0.6 is 0 Å². The molecule has 96 valence electrons. The second-order valence-corrected chi connectivity index (χ2v) is 3.29. The van der Waals surface area contributed by atoms with Crippen LogP contribution in [0.5, 0.6) is 5.75 Å². The highest BCUT2D eigenvalue weighted by Crippen LogP contribution is 2.22. The Morgan fingerprint density at radius 3 is 2.11 bits per heavy atom. The molecule has 1 rings (SSSR count). The Morgan fingerprint density at radius 2 is 1.61 bits per heavy atom. The number of ether oxygens (including phenoxy) is 3. The Morgan fingerprint density at radius 1 is 1.00 bits per heavy atom. The molecule has 0 radical (unpaired) electrons. The lowest BCUT2D eigenvalue weighted by Gasteiger charge is -2.08. The zero-order chi connectivity index (χ0) is 13.7. The number of carbonyl (C=O) groups is 3. The van der Waals surface area contributed by atoms with Gasteiger partial charge < -0.3 is 14.2 Å². The maximum absolute atomic E-state index is 11.4. The largest absolute Gasteiger partial charge is 0.465 e. The Labute approximate surface area is 103 Å². The highest BCUT2D eigenvalue weighted by Gasteiger charge is 2.17. The molecule has 18 heavy (non-hydrogen) atoms. The molecule has 0 aliphatic carbocycles. The van der Waals surface area contributed by atoms with E-state index in [2.05, 4.69) is 9.47 Å². The number of hydrogen-bond acceptors (Lipinski definition) is 6. The molecule has 0 saturated carbocycles. The molecule has 0 amide bonds. The van der Waals surface area contributed by atoms with Crippen LogP contribution in [-0.2, 0) is 14.3 Å². The Kier molecular flexibility index (Phi) is 4.42. The monoisotopic (exact) mass is 252 g/mol. The molecule has 0 fully saturated rings. The molecule has 0 heterocycles. The van der Waals surface area contributed by atoms with E-state index in [0.29, 0.717) is 0 Å². The first-order valence-corrected chi connectivity index (χ1v) is 4.98. The molecule has 1 aromatic rings. The number of hydrogen-bond donors (Lipinski definition) is 0. The van der Waals surface area contributed by atoms with Crippen molar-refractivity contribution in [1.29, 1.82) is 0 Å². The zero-order valence-electron chi connectivity index (χ0n) is 10.2. The maximum Gasteiger partial charge on any atom is 0.341 e. The fourth-order valence-corrected chi connectivity index (χ4v) is 1.29. The van der Waals surface area contributed by atoms with Crippen molar-refractivity contribution in [3.05, 3.63) is 29.3 Å². The van der Waals surface area contributed by atoms with E-state index in [0.717, 1.165) is 0 Å². The van der Waals surface area contributed by atoms with E-state index >= 15 is 0 Å². The molecule has 1 aromatic carbocycles. The highest BCUT2D eigenvalue weighted by atomic mass is 16.5. The van der Waals surface area contributed by atoms with Crippen molar-refractivity contribution in [2.75, 3.05) is 14.2 Å². The molecule has 0 aromatic heterocycles. The molecule has 0 bridgehead atoms. The van der Waals surface area contributed by atoms with Gasteiger partial charge in [0.15, 0.2) is 0 Å². The molecule has 6 heteroatoms. The summed E-state index contributed by atoms with van der Waals surface area (Å²) in [6.07, 6.45) is 0. The number of esters is 3. The van der Waals surface area contributed by atoms with Crippen molar-refractivity contribution in [1.82, 2.24) is 0 Å². The third-order valence-corrected chi connectivity index (χ3v) is 2.06. The Hall–Kier alpha value is -2.37. The lowest BCUT2D eigenvalue weighted by molar-refractivity contribution is -0.131. The number of benzene rings is 1. The van der Waals surface area contributed by atoms with Crippen LogP contribution in [0.4, 0.5) is 0 Å². The normalized spacial score (nSPS) is 9.50. The first-order valence-electron chi connectivity index (χ1n) is 4.98. The van der Waals surface area contributed by atoms with Crippen LogP contribution in [0.15, 0.2) is 18.2 Å². The van der Waals surface area contributed by atoms with Gasteiger partial charge in [-0.2, -0.15) is 0 Å². The van der Waals surface area contributed by atoms with Gasteiger partial charge in [-0.3, -0.25) is 4.79 Å². The predicted molar refractivity (Wildman–Crippen MR) is 60.4 cm³/mol. The molecule has 0 aliphatic heterocycles. The molecule has 6 nitrogen and oxygen atoms in total. The number of methoxy groups -OCH3 is 2. The number of carbonyl (C=O) groups excluding carboxylic acids is 3. The fraction of sp³-hybridized carbons (Fsp3) is 0.250. The quantitative estimate of drug-likeness (QED) is 0.593. The zero-order valence-corrected chi connectivity index (χ0v) is 10.2. The number of rotatable bonds is 3. The lowest BCUT2D eigenvalue weighted by Crippen LogP contribution is -2.11. The van der Waals surface area contributed by atoms with Crippen molar-refractivity contribution in [3.8, 4) is 5.75 Å². The van der Waals surface area contributed by atoms with Gasteiger partial charge in [-0.1, -0.05) is 0 Å². The smallest absolute Gasteiger partial charge is 0.341 e. The minimum absolute atomic E-state index is 0.0442. The van der Waals surface area contributed by atoms with Gasteiger partial charge in [0, 0.05) is 6.92 Å². The first kappa shape index (κ1) is 13.7. The van der Waals surface area contributed by atoms with E-state index in [1.165, 1.54) is 39.3 Å². The average molecular weight is 252 g/mol. The lowest BCUT2D eigenvalue weighted by atomic mass is 10.1. The Balaban J connectivity index is 3.24. The van der Waals surface area contributed by atoms with Crippen molar-refractivity contribution >= 4 is 17.9 Å². The molecule has 0 atom stereocenters. The van der Waals surface area contributed by atoms with Crippen LogP contribution in [0.2, 0.25) is 0 Å². The standard InChI is InChI=1S/C12H12O6/c1-7(13)18-10-6-8(11(14)16-2)4-5-9(10)12(15)17-3/h4-6H,1-3H3. The van der Waals surface area contributed by atoms with E-state index in [1.54, 1.807) is 0 Å². The summed E-state index contributed by atoms with van der Waals surface area (Å²) < 4.78 is 13.9. The van der Waals surface area contributed by atoms with Crippen molar-refractivity contribution in [3.63, 3.8) is 0 Å². The van der Waals surface area contributed by atoms with Gasteiger partial charge >= 0.3 is 17.9 Å². The van der Waals surface area contributed by atoms with E-state index in [9.17, 15) is 14.4 Å². The van der Waals surface area contributed by atoms with E-state index in [4.69, 9.17) is 4.74 Å². The van der Waals surface area contributed by atoms with Gasteiger partial charge in [0.2, 0.25) is 0 Å². The minimum atomic E-state index is -0.664. The van der Waals surface area contributed by atoms with E-state index < -0.39 is 17.9 Å². The van der Waals surface area contributed by atoms with Crippen LogP contribution < -0.4 is 4.74 Å². The molecule has 0 unspecified atom stereocenters. The van der Waals surface area contributed by atoms with Crippen LogP contribution in [0, 0.1) is 0 Å². The van der Waals surface area contributed by atoms with Gasteiger partial charge in [-0.05, 0) is 18.2 Å². The topological polar surface area (TPSA) is 78.9 Å². The SMILES string of the molecule is COC(=O)c1ccc(C(=O)OC)c(OC(C)=O)c1. The van der Waals surface area contributed by atoms with Crippen molar-refractivity contribution in [2.45, 2.75) is 6.92 Å². The van der Waals surface area contributed by atoms with Crippen LogP contribution in [-0.4, -0.2) is 32.1 Å². The van der Waals surface area contributed by atoms with Crippen LogP contribution in [0.25, 0.3) is 0 Å². The van der Waals surface area contributed by atoms with Gasteiger partial charge in [0.25, 0.3) is 0 Å². The average Bonchev–Trinajstić information content (AvgIpc) is 2.36. The second kappa shape index (κ2) is 5.81. The summed E-state index contributed by atoms with van der Waals surface area (Å²) in [7, 11) is 2.43.